The molecule has 2 N–H and O–H groups in total. The average Bonchev–Trinajstić information content (AvgIpc) is 2.44. The van der Waals surface area contributed by atoms with E-state index in [4.69, 9.17) is 17.5 Å². The zero-order valence-corrected chi connectivity index (χ0v) is 18.6. The SMILES string of the molecule is CCCC[N+](CCCC)(CCCC)CCCC.I.O=S(=O)(O)O. The largest absolute Gasteiger partial charge is 0.394 e. The van der Waals surface area contributed by atoms with Gasteiger partial charge in [-0.2, -0.15) is 8.42 Å². The summed E-state index contributed by atoms with van der Waals surface area (Å²) in [6.07, 6.45) is 11.1. The van der Waals surface area contributed by atoms with Gasteiger partial charge >= 0.3 is 10.4 Å². The predicted molar refractivity (Wildman–Crippen MR) is 109 cm³/mol. The highest BCUT2D eigenvalue weighted by Crippen LogP contribution is 2.16. The van der Waals surface area contributed by atoms with Gasteiger partial charge < -0.3 is 4.48 Å². The van der Waals surface area contributed by atoms with Crippen molar-refractivity contribution in [1.82, 2.24) is 0 Å². The lowest BCUT2D eigenvalue weighted by molar-refractivity contribution is -0.929. The van der Waals surface area contributed by atoms with Crippen LogP contribution in [0, 0.1) is 0 Å². The number of quaternary nitrogens is 1. The van der Waals surface area contributed by atoms with E-state index >= 15 is 0 Å². The molecule has 0 aromatic carbocycles. The average molecular weight is 468 g/mol. The van der Waals surface area contributed by atoms with E-state index < -0.39 is 10.4 Å². The quantitative estimate of drug-likeness (QED) is 0.241. The Labute approximate surface area is 161 Å². The zero-order valence-electron chi connectivity index (χ0n) is 15.5. The van der Waals surface area contributed by atoms with Crippen molar-refractivity contribution in [2.24, 2.45) is 0 Å². The molecule has 0 aromatic heterocycles. The van der Waals surface area contributed by atoms with E-state index in [0.717, 1.165) is 0 Å². The summed E-state index contributed by atoms with van der Waals surface area (Å²) >= 11 is 0. The fourth-order valence-corrected chi connectivity index (χ4v) is 2.64. The van der Waals surface area contributed by atoms with Gasteiger partial charge in [0.25, 0.3) is 0 Å². The summed E-state index contributed by atoms with van der Waals surface area (Å²) in [5.41, 5.74) is 0. The number of unbranched alkanes of at least 4 members (excludes halogenated alkanes) is 4. The summed E-state index contributed by atoms with van der Waals surface area (Å²) in [7, 11) is -4.67. The van der Waals surface area contributed by atoms with Crippen molar-refractivity contribution in [2.75, 3.05) is 26.2 Å². The molecule has 0 aliphatic rings. The normalized spacial score (nSPS) is 11.4. The lowest BCUT2D eigenvalue weighted by Crippen LogP contribution is -2.50. The number of rotatable bonds is 12. The van der Waals surface area contributed by atoms with Gasteiger partial charge in [-0.25, -0.2) is 0 Å². The van der Waals surface area contributed by atoms with Crippen LogP contribution in [0.3, 0.4) is 0 Å². The van der Waals surface area contributed by atoms with Gasteiger partial charge in [0.2, 0.25) is 0 Å². The van der Waals surface area contributed by atoms with Gasteiger partial charge in [0.15, 0.2) is 0 Å². The highest BCUT2D eigenvalue weighted by atomic mass is 127. The van der Waals surface area contributed by atoms with E-state index in [1.54, 1.807) is 0 Å². The first-order chi connectivity index (χ1) is 10.2. The molecule has 23 heavy (non-hydrogen) atoms. The van der Waals surface area contributed by atoms with Crippen molar-refractivity contribution in [3.05, 3.63) is 0 Å². The third-order valence-corrected chi connectivity index (χ3v) is 3.94. The Bertz CT molecular complexity index is 291. The minimum absolute atomic E-state index is 0. The van der Waals surface area contributed by atoms with Crippen LogP contribution in [0.4, 0.5) is 0 Å². The standard InChI is InChI=1S/C16H36N.HI.H2O4S/c1-5-9-13-17(14-10-6-2,15-11-7-3)16-12-8-4;;1-5(2,3)4/h5-16H2,1-4H3;1H;(H2,1,2,3,4)/q+1;;. The van der Waals surface area contributed by atoms with Crippen LogP contribution in [0.1, 0.15) is 79.1 Å². The molecule has 0 unspecified atom stereocenters. The van der Waals surface area contributed by atoms with Crippen LogP contribution in [-0.2, 0) is 10.4 Å². The van der Waals surface area contributed by atoms with E-state index in [0.29, 0.717) is 0 Å². The van der Waals surface area contributed by atoms with Crippen LogP contribution >= 0.6 is 24.0 Å². The number of halogens is 1. The summed E-state index contributed by atoms with van der Waals surface area (Å²) in [6.45, 7) is 15.0. The van der Waals surface area contributed by atoms with Crippen LogP contribution in [0.25, 0.3) is 0 Å². The Balaban J connectivity index is -0.000000578. The monoisotopic (exact) mass is 468 g/mol. The Kier molecular flexibility index (Phi) is 21.4. The Morgan fingerprint density at radius 3 is 0.957 bits per heavy atom. The summed E-state index contributed by atoms with van der Waals surface area (Å²) in [5.74, 6) is 0. The number of hydrogen-bond acceptors (Lipinski definition) is 2. The molecule has 0 aromatic rings. The van der Waals surface area contributed by atoms with Gasteiger partial charge in [0, 0.05) is 0 Å². The van der Waals surface area contributed by atoms with Crippen molar-refractivity contribution in [3.63, 3.8) is 0 Å². The molecule has 0 amide bonds. The summed E-state index contributed by atoms with van der Waals surface area (Å²) in [6, 6.07) is 0. The lowest BCUT2D eigenvalue weighted by atomic mass is 10.1. The molecule has 0 atom stereocenters. The Hall–Kier alpha value is 0.560. The molecule has 0 rings (SSSR count). The lowest BCUT2D eigenvalue weighted by Gasteiger charge is -2.39. The van der Waals surface area contributed by atoms with Gasteiger partial charge in [-0.1, -0.05) is 53.4 Å². The highest BCUT2D eigenvalue weighted by Gasteiger charge is 2.24. The predicted octanol–water partition coefficient (Wildman–Crippen LogP) is 4.97. The molecule has 0 spiro atoms. The van der Waals surface area contributed by atoms with E-state index in [-0.39, 0.29) is 24.0 Å². The molecule has 0 saturated heterocycles. The molecule has 0 fully saturated rings. The summed E-state index contributed by atoms with van der Waals surface area (Å²) in [4.78, 5) is 0. The second-order valence-corrected chi connectivity index (χ2v) is 6.99. The minimum atomic E-state index is -4.67. The molecule has 144 valence electrons. The highest BCUT2D eigenvalue weighted by molar-refractivity contribution is 14.0. The topological polar surface area (TPSA) is 74.6 Å². The van der Waals surface area contributed by atoms with E-state index in [2.05, 4.69) is 27.7 Å². The van der Waals surface area contributed by atoms with Gasteiger partial charge in [-0.3, -0.25) is 9.11 Å². The van der Waals surface area contributed by atoms with Crippen molar-refractivity contribution in [1.29, 1.82) is 0 Å². The van der Waals surface area contributed by atoms with Crippen molar-refractivity contribution in [2.45, 2.75) is 79.1 Å². The first-order valence-electron chi connectivity index (χ1n) is 8.79. The van der Waals surface area contributed by atoms with Crippen molar-refractivity contribution in [3.8, 4) is 0 Å². The second-order valence-electron chi connectivity index (χ2n) is 6.10. The third kappa shape index (κ3) is 22.6. The molecule has 5 nitrogen and oxygen atoms in total. The molecular weight excluding hydrogens is 429 g/mol. The summed E-state index contributed by atoms with van der Waals surface area (Å²) < 4.78 is 33.0. The maximum absolute atomic E-state index is 8.74. The molecule has 0 aliphatic carbocycles. The second kappa shape index (κ2) is 17.4. The van der Waals surface area contributed by atoms with Crippen LogP contribution in [0.2, 0.25) is 0 Å². The fourth-order valence-electron chi connectivity index (χ4n) is 2.64. The van der Waals surface area contributed by atoms with Crippen LogP contribution < -0.4 is 0 Å². The first kappa shape index (κ1) is 28.4. The van der Waals surface area contributed by atoms with Crippen LogP contribution in [-0.4, -0.2) is 48.2 Å². The molecule has 0 radical (unpaired) electrons. The summed E-state index contributed by atoms with van der Waals surface area (Å²) in [5, 5.41) is 0. The minimum Gasteiger partial charge on any atom is -0.324 e. The Morgan fingerprint density at radius 1 is 0.652 bits per heavy atom. The molecule has 0 heterocycles. The van der Waals surface area contributed by atoms with Crippen LogP contribution in [0.15, 0.2) is 0 Å². The van der Waals surface area contributed by atoms with Gasteiger partial charge in [0.05, 0.1) is 26.2 Å². The van der Waals surface area contributed by atoms with Gasteiger partial charge in [-0.05, 0) is 25.7 Å². The van der Waals surface area contributed by atoms with E-state index in [1.807, 2.05) is 0 Å². The van der Waals surface area contributed by atoms with Gasteiger partial charge in [-0.15, -0.1) is 24.0 Å². The van der Waals surface area contributed by atoms with E-state index in [9.17, 15) is 0 Å². The maximum atomic E-state index is 8.74. The Morgan fingerprint density at radius 2 is 0.826 bits per heavy atom. The zero-order chi connectivity index (χ0) is 17.5. The smallest absolute Gasteiger partial charge is 0.324 e. The maximum Gasteiger partial charge on any atom is 0.394 e. The molecule has 7 heteroatoms. The molecule has 0 bridgehead atoms. The third-order valence-electron chi connectivity index (χ3n) is 3.94. The number of hydrogen-bond donors (Lipinski definition) is 2. The first-order valence-corrected chi connectivity index (χ1v) is 10.2. The van der Waals surface area contributed by atoms with Gasteiger partial charge in [0.1, 0.15) is 0 Å². The van der Waals surface area contributed by atoms with E-state index in [1.165, 1.54) is 82.0 Å². The van der Waals surface area contributed by atoms with Crippen molar-refractivity contribution < 1.29 is 22.0 Å². The molecule has 0 saturated carbocycles. The number of nitrogens with zero attached hydrogens (tertiary/aromatic N) is 1. The van der Waals surface area contributed by atoms with Crippen molar-refractivity contribution >= 4 is 34.4 Å². The molecule has 0 aliphatic heterocycles. The van der Waals surface area contributed by atoms with Crippen LogP contribution in [0.5, 0.6) is 0 Å². The fraction of sp³-hybridized carbons (Fsp3) is 1.00. The molecular formula is C16H39INO4S+.